The molecule has 1 amide bonds. The summed E-state index contributed by atoms with van der Waals surface area (Å²) in [6, 6.07) is 9.21. The smallest absolute Gasteiger partial charge is 0.253 e. The predicted octanol–water partition coefficient (Wildman–Crippen LogP) is 3.78. The largest absolute Gasteiger partial charge is 0.352 e. The molecule has 0 bridgehead atoms. The number of carbonyl (C=O) groups is 1. The maximum absolute atomic E-state index is 12.5. The third-order valence-electron chi connectivity index (χ3n) is 4.32. The summed E-state index contributed by atoms with van der Waals surface area (Å²) in [6.45, 7) is 5.23. The van der Waals surface area contributed by atoms with Gasteiger partial charge in [-0.25, -0.2) is 0 Å². The van der Waals surface area contributed by atoms with Gasteiger partial charge in [0.1, 0.15) is 5.69 Å². The Morgan fingerprint density at radius 3 is 2.58 bits per heavy atom. The number of aromatic nitrogens is 2. The first-order valence-electron chi connectivity index (χ1n) is 9.55. The Balaban J connectivity index is 1.74. The van der Waals surface area contributed by atoms with Crippen molar-refractivity contribution in [2.75, 3.05) is 26.7 Å². The van der Waals surface area contributed by atoms with Crippen LogP contribution in [-0.2, 0) is 0 Å². The van der Waals surface area contributed by atoms with E-state index in [1.54, 1.807) is 24.5 Å². The highest BCUT2D eigenvalue weighted by Gasteiger charge is 2.13. The molecule has 0 atom stereocenters. The number of pyridine rings is 2. The second kappa shape index (κ2) is 11.4. The molecule has 2 heterocycles. The molecule has 5 heteroatoms. The molecule has 5 nitrogen and oxygen atoms in total. The first-order valence-corrected chi connectivity index (χ1v) is 9.55. The summed E-state index contributed by atoms with van der Waals surface area (Å²) >= 11 is 0. The van der Waals surface area contributed by atoms with E-state index in [0.29, 0.717) is 17.8 Å². The SMILES string of the molecule is CCCN(C)CCCCCCNC(=O)c1cccnc1-c1ccccn1. The van der Waals surface area contributed by atoms with Gasteiger partial charge in [0.15, 0.2) is 0 Å². The standard InChI is InChI=1S/C21H30N4O/c1-3-16-25(2)17-9-5-4-7-14-24-21(26)18-11-10-15-23-20(18)19-12-6-8-13-22-19/h6,8,10-13,15H,3-5,7,9,14,16-17H2,1-2H3,(H,24,26). The number of carbonyl (C=O) groups excluding carboxylic acids is 1. The van der Waals surface area contributed by atoms with Crippen LogP contribution in [0, 0.1) is 0 Å². The van der Waals surface area contributed by atoms with Crippen LogP contribution in [0.15, 0.2) is 42.7 Å². The lowest BCUT2D eigenvalue weighted by Gasteiger charge is -2.14. The minimum Gasteiger partial charge on any atom is -0.352 e. The molecule has 0 aliphatic rings. The summed E-state index contributed by atoms with van der Waals surface area (Å²) in [5, 5.41) is 3.01. The zero-order valence-corrected chi connectivity index (χ0v) is 15.9. The zero-order valence-electron chi connectivity index (χ0n) is 15.9. The molecule has 0 aliphatic carbocycles. The number of rotatable bonds is 11. The van der Waals surface area contributed by atoms with Gasteiger partial charge in [-0.2, -0.15) is 0 Å². The van der Waals surface area contributed by atoms with Crippen LogP contribution < -0.4 is 5.32 Å². The summed E-state index contributed by atoms with van der Waals surface area (Å²) in [5.74, 6) is -0.0820. The van der Waals surface area contributed by atoms with Gasteiger partial charge in [0.05, 0.1) is 11.3 Å². The van der Waals surface area contributed by atoms with E-state index >= 15 is 0 Å². The van der Waals surface area contributed by atoms with Crippen molar-refractivity contribution in [2.24, 2.45) is 0 Å². The second-order valence-electron chi connectivity index (χ2n) is 6.59. The highest BCUT2D eigenvalue weighted by atomic mass is 16.1. The fraction of sp³-hybridized carbons (Fsp3) is 0.476. The average Bonchev–Trinajstić information content (AvgIpc) is 2.68. The van der Waals surface area contributed by atoms with Crippen LogP contribution in [0.3, 0.4) is 0 Å². The van der Waals surface area contributed by atoms with Gasteiger partial charge in [-0.15, -0.1) is 0 Å². The second-order valence-corrected chi connectivity index (χ2v) is 6.59. The Bertz CT molecular complexity index is 660. The van der Waals surface area contributed by atoms with Crippen LogP contribution in [0.4, 0.5) is 0 Å². The quantitative estimate of drug-likeness (QED) is 0.624. The van der Waals surface area contributed by atoms with Gasteiger partial charge in [-0.3, -0.25) is 14.8 Å². The molecule has 26 heavy (non-hydrogen) atoms. The van der Waals surface area contributed by atoms with Crippen molar-refractivity contribution in [3.8, 4) is 11.4 Å². The summed E-state index contributed by atoms with van der Waals surface area (Å²) in [4.78, 5) is 23.5. The van der Waals surface area contributed by atoms with Crippen molar-refractivity contribution in [3.05, 3.63) is 48.3 Å². The first-order chi connectivity index (χ1) is 12.7. The van der Waals surface area contributed by atoms with Gasteiger partial charge in [-0.05, 0) is 63.7 Å². The van der Waals surface area contributed by atoms with Crippen molar-refractivity contribution in [1.29, 1.82) is 0 Å². The molecule has 140 valence electrons. The van der Waals surface area contributed by atoms with Gasteiger partial charge < -0.3 is 10.2 Å². The Hall–Kier alpha value is -2.27. The predicted molar refractivity (Wildman–Crippen MR) is 106 cm³/mol. The average molecular weight is 354 g/mol. The minimum absolute atomic E-state index is 0.0820. The van der Waals surface area contributed by atoms with Crippen molar-refractivity contribution in [2.45, 2.75) is 39.0 Å². The number of nitrogens with one attached hydrogen (secondary N) is 1. The van der Waals surface area contributed by atoms with Crippen LogP contribution >= 0.6 is 0 Å². The lowest BCUT2D eigenvalue weighted by Crippen LogP contribution is -2.25. The molecule has 0 spiro atoms. The maximum Gasteiger partial charge on any atom is 0.253 e. The zero-order chi connectivity index (χ0) is 18.6. The lowest BCUT2D eigenvalue weighted by atomic mass is 10.1. The first kappa shape index (κ1) is 20.0. The molecule has 0 radical (unpaired) electrons. The fourth-order valence-electron chi connectivity index (χ4n) is 2.95. The number of unbranched alkanes of at least 4 members (excludes halogenated alkanes) is 3. The van der Waals surface area contributed by atoms with E-state index in [2.05, 4.69) is 34.2 Å². The molecular weight excluding hydrogens is 324 g/mol. The summed E-state index contributed by atoms with van der Waals surface area (Å²) in [6.07, 6.45) is 9.17. The van der Waals surface area contributed by atoms with Crippen molar-refractivity contribution in [3.63, 3.8) is 0 Å². The van der Waals surface area contributed by atoms with Crippen molar-refractivity contribution < 1.29 is 4.79 Å². The van der Waals surface area contributed by atoms with Gasteiger partial charge in [-0.1, -0.05) is 25.8 Å². The third kappa shape index (κ3) is 6.56. The third-order valence-corrected chi connectivity index (χ3v) is 4.32. The van der Waals surface area contributed by atoms with Crippen LogP contribution in [0.2, 0.25) is 0 Å². The fourth-order valence-corrected chi connectivity index (χ4v) is 2.95. The summed E-state index contributed by atoms with van der Waals surface area (Å²) in [7, 11) is 2.18. The minimum atomic E-state index is -0.0820. The number of nitrogens with zero attached hydrogens (tertiary/aromatic N) is 3. The summed E-state index contributed by atoms with van der Waals surface area (Å²) in [5.41, 5.74) is 1.92. The maximum atomic E-state index is 12.5. The number of amides is 1. The van der Waals surface area contributed by atoms with E-state index in [1.807, 2.05) is 18.2 Å². The Kier molecular flexibility index (Phi) is 8.76. The molecule has 2 aromatic heterocycles. The van der Waals surface area contributed by atoms with E-state index in [4.69, 9.17) is 0 Å². The molecule has 0 unspecified atom stereocenters. The van der Waals surface area contributed by atoms with Crippen LogP contribution in [-0.4, -0.2) is 47.5 Å². The molecule has 0 aliphatic heterocycles. The van der Waals surface area contributed by atoms with Crippen molar-refractivity contribution in [1.82, 2.24) is 20.2 Å². The molecule has 0 aromatic carbocycles. The van der Waals surface area contributed by atoms with Crippen LogP contribution in [0.5, 0.6) is 0 Å². The number of hydrogen-bond donors (Lipinski definition) is 1. The Morgan fingerprint density at radius 2 is 1.81 bits per heavy atom. The Labute approximate surface area is 156 Å². The lowest BCUT2D eigenvalue weighted by molar-refractivity contribution is 0.0953. The van der Waals surface area contributed by atoms with Gasteiger partial charge in [0, 0.05) is 18.9 Å². The topological polar surface area (TPSA) is 58.1 Å². The van der Waals surface area contributed by atoms with Crippen LogP contribution in [0.1, 0.15) is 49.4 Å². The molecule has 1 N–H and O–H groups in total. The van der Waals surface area contributed by atoms with E-state index in [9.17, 15) is 4.79 Å². The number of hydrogen-bond acceptors (Lipinski definition) is 4. The highest BCUT2D eigenvalue weighted by molar-refractivity contribution is 5.99. The molecule has 2 rings (SSSR count). The molecule has 0 fully saturated rings. The molecule has 0 saturated carbocycles. The van der Waals surface area contributed by atoms with E-state index < -0.39 is 0 Å². The molecule has 2 aromatic rings. The van der Waals surface area contributed by atoms with Crippen LogP contribution in [0.25, 0.3) is 11.4 Å². The van der Waals surface area contributed by atoms with Gasteiger partial charge in [0.2, 0.25) is 0 Å². The van der Waals surface area contributed by atoms with Gasteiger partial charge >= 0.3 is 0 Å². The molecule has 0 saturated heterocycles. The molecular formula is C21H30N4O. The normalized spacial score (nSPS) is 10.9. The monoisotopic (exact) mass is 354 g/mol. The van der Waals surface area contributed by atoms with E-state index in [0.717, 1.165) is 25.1 Å². The highest BCUT2D eigenvalue weighted by Crippen LogP contribution is 2.18. The van der Waals surface area contributed by atoms with E-state index in [1.165, 1.54) is 25.8 Å². The van der Waals surface area contributed by atoms with Gasteiger partial charge in [0.25, 0.3) is 5.91 Å². The summed E-state index contributed by atoms with van der Waals surface area (Å²) < 4.78 is 0. The van der Waals surface area contributed by atoms with Crippen molar-refractivity contribution >= 4 is 5.91 Å². The van der Waals surface area contributed by atoms with E-state index in [-0.39, 0.29) is 5.91 Å². The Morgan fingerprint density at radius 1 is 1.00 bits per heavy atom.